The molecule has 0 spiro atoms. The summed E-state index contributed by atoms with van der Waals surface area (Å²) in [6, 6.07) is 12.7. The summed E-state index contributed by atoms with van der Waals surface area (Å²) in [6.45, 7) is 0.553. The van der Waals surface area contributed by atoms with E-state index in [0.29, 0.717) is 16.7 Å². The minimum atomic E-state index is -0.481. The Morgan fingerprint density at radius 1 is 1.19 bits per heavy atom. The van der Waals surface area contributed by atoms with Crippen molar-refractivity contribution in [2.45, 2.75) is 6.67 Å². The third kappa shape index (κ3) is 3.72. The molecule has 1 amide bonds. The normalized spacial score (nSPS) is 11.7. The number of halogens is 2. The average molecular weight is 481 g/mol. The molecule has 2 aromatic carbocycles. The third-order valence-corrected chi connectivity index (χ3v) is 4.98. The van der Waals surface area contributed by atoms with E-state index in [1.165, 1.54) is 0 Å². The smallest absolute Gasteiger partial charge is 0.296 e. The molecule has 0 unspecified atom stereocenters. The number of carbonyl (C=O) groups excluding carboxylic acids is 1. The van der Waals surface area contributed by atoms with E-state index in [4.69, 9.17) is 0 Å². The molecule has 8 heteroatoms. The highest BCUT2D eigenvalue weighted by atomic mass is 79.9. The van der Waals surface area contributed by atoms with E-state index < -0.39 is 5.91 Å². The fraction of sp³-hybridized carbons (Fsp3) is 0.167. The zero-order valence-corrected chi connectivity index (χ0v) is 17.4. The highest BCUT2D eigenvalue weighted by molar-refractivity contribution is 9.10. The van der Waals surface area contributed by atoms with Crippen LogP contribution >= 0.6 is 31.9 Å². The number of aromatic hydroxyl groups is 1. The van der Waals surface area contributed by atoms with Crippen LogP contribution in [0.4, 0.5) is 5.69 Å². The van der Waals surface area contributed by atoms with Crippen molar-refractivity contribution < 1.29 is 14.8 Å². The maximum atomic E-state index is 12.3. The molecule has 0 aliphatic heterocycles. The lowest BCUT2D eigenvalue weighted by molar-refractivity contribution is -0.882. The Kier molecular flexibility index (Phi) is 5.55. The van der Waals surface area contributed by atoms with Crippen LogP contribution in [0.1, 0.15) is 10.4 Å². The monoisotopic (exact) mass is 479 g/mol. The van der Waals surface area contributed by atoms with Crippen LogP contribution in [0.25, 0.3) is 10.9 Å². The van der Waals surface area contributed by atoms with Crippen molar-refractivity contribution in [1.29, 1.82) is 0 Å². The number of carbonyl (C=O) groups is 1. The van der Waals surface area contributed by atoms with Crippen LogP contribution in [0.15, 0.2) is 61.6 Å². The van der Waals surface area contributed by atoms with Crippen LogP contribution in [0.5, 0.6) is 5.88 Å². The average Bonchev–Trinajstić information content (AvgIpc) is 2.84. The molecule has 0 aliphatic rings. The zero-order chi connectivity index (χ0) is 18.8. The number of aromatic nitrogens is 1. The minimum Gasteiger partial charge on any atom is -0.493 e. The Labute approximate surface area is 167 Å². The Bertz CT molecular complexity index is 1010. The molecule has 26 heavy (non-hydrogen) atoms. The predicted molar refractivity (Wildman–Crippen MR) is 107 cm³/mol. The third-order valence-electron chi connectivity index (χ3n) is 3.79. The SMILES string of the molecule is C[NH+](C)Cn1c(O)c(N=NC(=O)c2ccccc2Br)c2cc(Br)ccc21. The van der Waals surface area contributed by atoms with Crippen molar-refractivity contribution >= 4 is 54.4 Å². The van der Waals surface area contributed by atoms with Crippen molar-refractivity contribution in [1.82, 2.24) is 4.57 Å². The summed E-state index contributed by atoms with van der Waals surface area (Å²) in [5.41, 5.74) is 1.52. The van der Waals surface area contributed by atoms with Gasteiger partial charge in [-0.3, -0.25) is 9.36 Å². The summed E-state index contributed by atoms with van der Waals surface area (Å²) in [5, 5.41) is 19.3. The van der Waals surface area contributed by atoms with E-state index in [9.17, 15) is 9.90 Å². The molecule has 0 fully saturated rings. The van der Waals surface area contributed by atoms with Crippen LogP contribution in [0.3, 0.4) is 0 Å². The molecule has 0 saturated carbocycles. The Morgan fingerprint density at radius 2 is 1.92 bits per heavy atom. The van der Waals surface area contributed by atoms with Gasteiger partial charge in [-0.25, -0.2) is 0 Å². The van der Waals surface area contributed by atoms with Crippen molar-refractivity contribution in [3.8, 4) is 5.88 Å². The first-order valence-electron chi connectivity index (χ1n) is 7.89. The number of quaternary nitrogens is 1. The molecule has 134 valence electrons. The largest absolute Gasteiger partial charge is 0.493 e. The molecule has 0 radical (unpaired) electrons. The van der Waals surface area contributed by atoms with Crippen molar-refractivity contribution in [3.05, 3.63) is 57.0 Å². The molecule has 3 aromatic rings. The molecule has 0 atom stereocenters. The molecule has 3 rings (SSSR count). The van der Waals surface area contributed by atoms with E-state index in [2.05, 4.69) is 42.1 Å². The number of hydrogen-bond acceptors (Lipinski definition) is 3. The fourth-order valence-corrected chi connectivity index (χ4v) is 3.47. The van der Waals surface area contributed by atoms with Crippen LogP contribution in [0, 0.1) is 0 Å². The van der Waals surface area contributed by atoms with Crippen LogP contribution in [-0.4, -0.2) is 29.7 Å². The number of azo groups is 1. The lowest BCUT2D eigenvalue weighted by Crippen LogP contribution is -3.04. The predicted octanol–water partition coefficient (Wildman–Crippen LogP) is 3.90. The van der Waals surface area contributed by atoms with E-state index in [1.54, 1.807) is 22.8 Å². The van der Waals surface area contributed by atoms with Gasteiger partial charge in [-0.05, 0) is 46.3 Å². The minimum absolute atomic E-state index is 0.0111. The van der Waals surface area contributed by atoms with Gasteiger partial charge in [0, 0.05) is 14.3 Å². The number of hydrogen-bond donors (Lipinski definition) is 2. The second kappa shape index (κ2) is 7.69. The summed E-state index contributed by atoms with van der Waals surface area (Å²) >= 11 is 6.77. The first-order valence-corrected chi connectivity index (χ1v) is 9.47. The molecule has 6 nitrogen and oxygen atoms in total. The molecular weight excluding hydrogens is 464 g/mol. The van der Waals surface area contributed by atoms with E-state index >= 15 is 0 Å². The van der Waals surface area contributed by atoms with E-state index in [1.807, 2.05) is 38.4 Å². The Morgan fingerprint density at radius 3 is 2.62 bits per heavy atom. The summed E-state index contributed by atoms with van der Waals surface area (Å²) in [7, 11) is 3.98. The van der Waals surface area contributed by atoms with Gasteiger partial charge in [0.05, 0.1) is 25.2 Å². The summed E-state index contributed by atoms with van der Waals surface area (Å²) in [5.74, 6) is -0.492. The second-order valence-electron chi connectivity index (χ2n) is 6.11. The van der Waals surface area contributed by atoms with Gasteiger partial charge in [0.1, 0.15) is 0 Å². The second-order valence-corrected chi connectivity index (χ2v) is 7.88. The quantitative estimate of drug-likeness (QED) is 0.556. The number of nitrogens with one attached hydrogen (secondary N) is 1. The molecule has 1 aromatic heterocycles. The van der Waals surface area contributed by atoms with Crippen LogP contribution in [-0.2, 0) is 6.67 Å². The van der Waals surface area contributed by atoms with Gasteiger partial charge in [-0.2, -0.15) is 0 Å². The Hall–Kier alpha value is -2.03. The number of fused-ring (bicyclic) bond motifs is 1. The molecule has 2 N–H and O–H groups in total. The van der Waals surface area contributed by atoms with Gasteiger partial charge >= 0.3 is 0 Å². The van der Waals surface area contributed by atoms with Gasteiger partial charge in [-0.1, -0.05) is 28.1 Å². The number of nitrogens with zero attached hydrogens (tertiary/aromatic N) is 3. The summed E-state index contributed by atoms with van der Waals surface area (Å²) < 4.78 is 3.26. The fourth-order valence-electron chi connectivity index (χ4n) is 2.65. The lowest BCUT2D eigenvalue weighted by Gasteiger charge is -2.10. The topological polar surface area (TPSA) is 71.4 Å². The maximum absolute atomic E-state index is 12.3. The van der Waals surface area contributed by atoms with E-state index in [0.717, 1.165) is 20.3 Å². The summed E-state index contributed by atoms with van der Waals surface area (Å²) in [6.07, 6.45) is 0. The van der Waals surface area contributed by atoms with E-state index in [-0.39, 0.29) is 11.6 Å². The van der Waals surface area contributed by atoms with Gasteiger partial charge in [0.15, 0.2) is 12.4 Å². The number of benzene rings is 2. The number of rotatable bonds is 4. The Balaban J connectivity index is 2.07. The number of amides is 1. The van der Waals surface area contributed by atoms with Crippen molar-refractivity contribution in [2.75, 3.05) is 14.1 Å². The van der Waals surface area contributed by atoms with Gasteiger partial charge < -0.3 is 10.0 Å². The molecule has 1 heterocycles. The van der Waals surface area contributed by atoms with Crippen LogP contribution < -0.4 is 4.90 Å². The van der Waals surface area contributed by atoms with Gasteiger partial charge in [0.25, 0.3) is 5.91 Å². The summed E-state index contributed by atoms with van der Waals surface area (Å²) in [4.78, 5) is 13.5. The lowest BCUT2D eigenvalue weighted by atomic mass is 10.2. The first-order chi connectivity index (χ1) is 12.4. The molecule has 0 aliphatic carbocycles. The first kappa shape index (κ1) is 18.8. The molecular formula is C18H17Br2N4O2+. The zero-order valence-electron chi connectivity index (χ0n) is 14.2. The standard InChI is InChI=1S/C18H16Br2N4O2/c1-23(2)10-24-15-8-7-11(19)9-13(15)16(18(24)26)21-22-17(25)12-5-3-4-6-14(12)20/h3-9,26H,10H2,1-2H3/p+1. The van der Waals surface area contributed by atoms with Crippen LogP contribution in [0.2, 0.25) is 0 Å². The molecule has 0 bridgehead atoms. The van der Waals surface area contributed by atoms with Gasteiger partial charge in [0.2, 0.25) is 5.88 Å². The van der Waals surface area contributed by atoms with Crippen molar-refractivity contribution in [2.24, 2.45) is 10.2 Å². The highest BCUT2D eigenvalue weighted by Crippen LogP contribution is 2.39. The highest BCUT2D eigenvalue weighted by Gasteiger charge is 2.19. The molecule has 0 saturated heterocycles. The maximum Gasteiger partial charge on any atom is 0.296 e. The van der Waals surface area contributed by atoms with Crippen molar-refractivity contribution in [3.63, 3.8) is 0 Å². The van der Waals surface area contributed by atoms with Gasteiger partial charge in [-0.15, -0.1) is 10.2 Å².